The average Bonchev–Trinajstić information content (AvgIpc) is 3.79. The number of rotatable bonds is 14. The molecule has 4 fully saturated rings. The van der Waals surface area contributed by atoms with Crippen LogP contribution in [-0.4, -0.2) is 95.0 Å². The second-order valence-electron chi connectivity index (χ2n) is 16.1. The maximum absolute atomic E-state index is 14.6. The van der Waals surface area contributed by atoms with Gasteiger partial charge in [-0.3, -0.25) is 33.7 Å². The second kappa shape index (κ2) is 17.5. The molecular formula is C38H58N6O7. The minimum Gasteiger partial charge on any atom is -0.346 e. The first-order chi connectivity index (χ1) is 24.1. The number of allylic oxidation sites excluding steroid dienone is 1. The quantitative estimate of drug-likeness (QED) is 0.122. The van der Waals surface area contributed by atoms with Crippen molar-refractivity contribution in [2.75, 3.05) is 19.6 Å². The Kier molecular flexibility index (Phi) is 13.6. The van der Waals surface area contributed by atoms with Gasteiger partial charge in [-0.25, -0.2) is 4.79 Å². The zero-order chi connectivity index (χ0) is 37.5. The lowest BCUT2D eigenvalue weighted by Crippen LogP contribution is -2.61. The predicted octanol–water partition coefficient (Wildman–Crippen LogP) is 3.28. The molecule has 4 atom stereocenters. The van der Waals surface area contributed by atoms with E-state index in [1.165, 1.54) is 15.9 Å². The van der Waals surface area contributed by atoms with E-state index in [0.717, 1.165) is 56.1 Å². The molecule has 2 heterocycles. The molecule has 0 aromatic rings. The normalized spacial score (nSPS) is 21.7. The highest BCUT2D eigenvalue weighted by Gasteiger charge is 2.44. The molecule has 13 heteroatoms. The van der Waals surface area contributed by atoms with E-state index < -0.39 is 53.2 Å². The Morgan fingerprint density at radius 2 is 1.55 bits per heavy atom. The van der Waals surface area contributed by atoms with E-state index >= 15 is 0 Å². The molecule has 1 unspecified atom stereocenters. The third-order valence-corrected chi connectivity index (χ3v) is 10.8. The standard InChI is InChI=1S/C38H58N6O7/c1-7-18-39-35(49)33(47)27(19-24-16-17-24)40-34(48)28-20-26(23(2)3)21-43(28)36(50)32(25-12-9-8-10-13-25)42-37(51)41-29(38(4,5)6)22-44-30(45)14-11-15-31(44)46/h7,24-25,27-29,32H,1,8-22H2,2-6H3,(H,39,49)(H,40,48)(H2,41,42,51)/t27?,28-,29+,32-/m0/s1. The van der Waals surface area contributed by atoms with Crippen LogP contribution in [0.25, 0.3) is 0 Å². The maximum atomic E-state index is 14.6. The van der Waals surface area contributed by atoms with E-state index in [9.17, 15) is 33.6 Å². The number of nitrogens with zero attached hydrogens (tertiary/aromatic N) is 2. The van der Waals surface area contributed by atoms with Gasteiger partial charge in [-0.1, -0.05) is 64.5 Å². The molecule has 0 radical (unpaired) electrons. The Hall–Kier alpha value is -4.03. The molecular weight excluding hydrogens is 652 g/mol. The van der Waals surface area contributed by atoms with Crippen molar-refractivity contribution in [2.24, 2.45) is 17.3 Å². The summed E-state index contributed by atoms with van der Waals surface area (Å²) < 4.78 is 0. The molecule has 2 saturated carbocycles. The van der Waals surface area contributed by atoms with E-state index in [0.29, 0.717) is 12.8 Å². The minimum atomic E-state index is -1.02. The number of nitrogens with one attached hydrogen (secondary N) is 4. The van der Waals surface area contributed by atoms with Crippen LogP contribution >= 0.6 is 0 Å². The summed E-state index contributed by atoms with van der Waals surface area (Å²) >= 11 is 0. The van der Waals surface area contributed by atoms with Crippen molar-refractivity contribution in [3.05, 3.63) is 23.8 Å². The summed E-state index contributed by atoms with van der Waals surface area (Å²) in [6, 6.07) is -4.04. The monoisotopic (exact) mass is 710 g/mol. The first kappa shape index (κ1) is 39.8. The number of piperidine rings is 1. The van der Waals surface area contributed by atoms with Crippen molar-refractivity contribution in [1.29, 1.82) is 0 Å². The molecule has 4 aliphatic rings. The van der Waals surface area contributed by atoms with Gasteiger partial charge in [-0.2, -0.15) is 0 Å². The van der Waals surface area contributed by atoms with E-state index in [1.807, 2.05) is 34.6 Å². The van der Waals surface area contributed by atoms with E-state index in [4.69, 9.17) is 0 Å². The highest BCUT2D eigenvalue weighted by atomic mass is 16.2. The SMILES string of the molecule is C=CCNC(=O)C(=O)C(CC1CC1)NC(=O)[C@@H]1CC(=C(C)C)CN1C(=O)[C@@H](NC(=O)N[C@H](CN1C(=O)CCCC1=O)C(C)(C)C)C1CCCCC1. The highest BCUT2D eigenvalue weighted by Crippen LogP contribution is 2.35. The summed E-state index contributed by atoms with van der Waals surface area (Å²) in [5, 5.41) is 11.3. The van der Waals surface area contributed by atoms with E-state index in [2.05, 4.69) is 27.8 Å². The van der Waals surface area contributed by atoms with Gasteiger partial charge in [0.25, 0.3) is 5.91 Å². The third kappa shape index (κ3) is 10.7. The van der Waals surface area contributed by atoms with Crippen LogP contribution in [0.15, 0.2) is 23.8 Å². The number of ketones is 1. The second-order valence-corrected chi connectivity index (χ2v) is 16.1. The van der Waals surface area contributed by atoms with Crippen LogP contribution in [0.1, 0.15) is 112 Å². The molecule has 51 heavy (non-hydrogen) atoms. The van der Waals surface area contributed by atoms with E-state index in [1.54, 1.807) is 0 Å². The summed E-state index contributed by atoms with van der Waals surface area (Å²) in [4.78, 5) is 96.2. The molecule has 0 aromatic carbocycles. The zero-order valence-corrected chi connectivity index (χ0v) is 31.1. The number of hydrogen-bond acceptors (Lipinski definition) is 7. The van der Waals surface area contributed by atoms with Gasteiger partial charge in [-0.15, -0.1) is 6.58 Å². The Labute approximate surface area is 302 Å². The molecule has 2 aliphatic heterocycles. The molecule has 282 valence electrons. The fraction of sp³-hybridized carbons (Fsp3) is 0.711. The molecule has 13 nitrogen and oxygen atoms in total. The molecule has 2 saturated heterocycles. The molecule has 4 N–H and O–H groups in total. The number of urea groups is 1. The van der Waals surface area contributed by atoms with Crippen molar-refractivity contribution in [1.82, 2.24) is 31.1 Å². The lowest BCUT2D eigenvalue weighted by Gasteiger charge is -2.38. The van der Waals surface area contributed by atoms with Gasteiger partial charge < -0.3 is 26.2 Å². The van der Waals surface area contributed by atoms with E-state index in [-0.39, 0.29) is 68.5 Å². The number of carbonyl (C=O) groups excluding carboxylic acids is 7. The van der Waals surface area contributed by atoms with Crippen LogP contribution in [-0.2, 0) is 28.8 Å². The van der Waals surface area contributed by atoms with Crippen LogP contribution in [0.2, 0.25) is 0 Å². The zero-order valence-electron chi connectivity index (χ0n) is 31.1. The fourth-order valence-electron chi connectivity index (χ4n) is 7.24. The Morgan fingerprint density at radius 3 is 2.12 bits per heavy atom. The summed E-state index contributed by atoms with van der Waals surface area (Å²) in [6.07, 6.45) is 9.31. The lowest BCUT2D eigenvalue weighted by molar-refractivity contribution is -0.148. The summed E-state index contributed by atoms with van der Waals surface area (Å²) in [7, 11) is 0. The first-order valence-electron chi connectivity index (χ1n) is 18.7. The predicted molar refractivity (Wildman–Crippen MR) is 192 cm³/mol. The smallest absolute Gasteiger partial charge is 0.315 e. The molecule has 4 rings (SSSR count). The van der Waals surface area contributed by atoms with Gasteiger partial charge in [0.2, 0.25) is 29.4 Å². The molecule has 0 spiro atoms. The van der Waals surface area contributed by atoms with Crippen LogP contribution in [0.3, 0.4) is 0 Å². The highest BCUT2D eigenvalue weighted by molar-refractivity contribution is 6.38. The fourth-order valence-corrected chi connectivity index (χ4v) is 7.24. The summed E-state index contributed by atoms with van der Waals surface area (Å²) in [5.74, 6) is -2.85. The Balaban J connectivity index is 1.56. The number of amides is 7. The van der Waals surface area contributed by atoms with Crippen molar-refractivity contribution >= 4 is 41.4 Å². The third-order valence-electron chi connectivity index (χ3n) is 10.8. The summed E-state index contributed by atoms with van der Waals surface area (Å²) in [5.41, 5.74) is 1.38. The number of imide groups is 1. The Bertz CT molecular complexity index is 1390. The van der Waals surface area contributed by atoms with Gasteiger partial charge in [0.05, 0.1) is 12.1 Å². The maximum Gasteiger partial charge on any atom is 0.315 e. The van der Waals surface area contributed by atoms with Gasteiger partial charge in [-0.05, 0) is 68.8 Å². The van der Waals surface area contributed by atoms with Crippen LogP contribution < -0.4 is 21.3 Å². The van der Waals surface area contributed by atoms with Crippen LogP contribution in [0.4, 0.5) is 4.79 Å². The van der Waals surface area contributed by atoms with Gasteiger partial charge in [0, 0.05) is 32.5 Å². The molecule has 0 bridgehead atoms. The first-order valence-corrected chi connectivity index (χ1v) is 18.7. The Morgan fingerprint density at radius 1 is 0.902 bits per heavy atom. The number of likely N-dealkylation sites (tertiary alicyclic amines) is 2. The van der Waals surface area contributed by atoms with Crippen molar-refractivity contribution in [3.8, 4) is 0 Å². The van der Waals surface area contributed by atoms with Crippen molar-refractivity contribution in [2.45, 2.75) is 136 Å². The topological polar surface area (TPSA) is 174 Å². The van der Waals surface area contributed by atoms with Crippen LogP contribution in [0.5, 0.6) is 0 Å². The molecule has 2 aliphatic carbocycles. The molecule has 0 aromatic heterocycles. The number of Topliss-reactive ketones (excluding diaryl/α,β-unsaturated/α-hetero) is 1. The van der Waals surface area contributed by atoms with Crippen molar-refractivity contribution in [3.63, 3.8) is 0 Å². The van der Waals surface area contributed by atoms with Gasteiger partial charge in [0.1, 0.15) is 12.1 Å². The largest absolute Gasteiger partial charge is 0.346 e. The van der Waals surface area contributed by atoms with Gasteiger partial charge >= 0.3 is 6.03 Å². The minimum absolute atomic E-state index is 0.0291. The average molecular weight is 711 g/mol. The lowest BCUT2D eigenvalue weighted by atomic mass is 9.83. The molecule has 7 amide bonds. The summed E-state index contributed by atoms with van der Waals surface area (Å²) in [6.45, 7) is 13.5. The van der Waals surface area contributed by atoms with Crippen LogP contribution in [0, 0.1) is 17.3 Å². The van der Waals surface area contributed by atoms with Crippen molar-refractivity contribution < 1.29 is 33.6 Å². The van der Waals surface area contributed by atoms with Gasteiger partial charge in [0.15, 0.2) is 0 Å². The number of hydrogen-bond donors (Lipinski definition) is 4. The number of carbonyl (C=O) groups is 7.